The molecule has 12 heteroatoms. The third-order valence-electron chi connectivity index (χ3n) is 2.90. The Balaban J connectivity index is 0. The number of anilines is 1. The molecule has 10 nitrogen and oxygen atoms in total. The molecule has 0 aliphatic carbocycles. The Kier molecular flexibility index (Phi) is 19.6. The van der Waals surface area contributed by atoms with E-state index in [0.717, 1.165) is 10.3 Å². The molecule has 0 saturated heterocycles. The molecule has 0 radical (unpaired) electrons. The third-order valence-corrected chi connectivity index (χ3v) is 3.70. The van der Waals surface area contributed by atoms with Crippen molar-refractivity contribution < 1.29 is 34.8 Å². The Morgan fingerprint density at radius 2 is 1.18 bits per heavy atom. The van der Waals surface area contributed by atoms with E-state index < -0.39 is 12.3 Å². The fourth-order valence-electron chi connectivity index (χ4n) is 1.80. The first-order valence-corrected chi connectivity index (χ1v) is 10.1. The molecule has 0 aliphatic rings. The van der Waals surface area contributed by atoms with Gasteiger partial charge in [0, 0.05) is 0 Å². The van der Waals surface area contributed by atoms with Gasteiger partial charge in [0.05, 0.1) is 6.61 Å². The average Bonchev–Trinajstić information content (AvgIpc) is 3.24. The lowest BCUT2D eigenvalue weighted by molar-refractivity contribution is 0.135. The summed E-state index contributed by atoms with van der Waals surface area (Å²) in [5, 5.41) is 29.8. The number of carboxylic acid groups (broad SMARTS) is 4. The molecule has 0 spiro atoms. The molecule has 0 atom stereocenters. The van der Waals surface area contributed by atoms with Gasteiger partial charge in [0.15, 0.2) is 5.82 Å². The van der Waals surface area contributed by atoms with Gasteiger partial charge in [-0.15, -0.1) is 23.7 Å². The van der Waals surface area contributed by atoms with Gasteiger partial charge in [0.1, 0.15) is 10.3 Å². The van der Waals surface area contributed by atoms with Gasteiger partial charge in [0.2, 0.25) is 0 Å². The van der Waals surface area contributed by atoms with Gasteiger partial charge >= 0.3 is 12.3 Å². The molecule has 0 unspecified atom stereocenters. The van der Waals surface area contributed by atoms with E-state index in [1.807, 2.05) is 91.2 Å². The van der Waals surface area contributed by atoms with Crippen molar-refractivity contribution in [3.63, 3.8) is 0 Å². The molecule has 0 aliphatic heterocycles. The average molecular weight is 512 g/mol. The zero-order valence-electron chi connectivity index (χ0n) is 18.1. The number of nitrogens with two attached hydrogens (primary N) is 1. The summed E-state index contributed by atoms with van der Waals surface area (Å²) in [5.74, 6) is 0.783. The number of thiophene rings is 1. The molecular formula is C22H26ClN3O7S. The summed E-state index contributed by atoms with van der Waals surface area (Å²) in [6.07, 6.45) is -3.67. The van der Waals surface area contributed by atoms with Crippen molar-refractivity contribution >= 4 is 52.2 Å². The maximum Gasteiger partial charge on any atom is 0.503 e. The van der Waals surface area contributed by atoms with Crippen LogP contribution in [0.5, 0.6) is 5.88 Å². The highest BCUT2D eigenvalue weighted by Gasteiger charge is 2.06. The van der Waals surface area contributed by atoms with E-state index in [2.05, 4.69) is 9.97 Å². The third kappa shape index (κ3) is 18.7. The first-order chi connectivity index (χ1) is 15.8. The molecule has 184 valence electrons. The van der Waals surface area contributed by atoms with Gasteiger partial charge in [-0.05, 0) is 18.4 Å². The number of carbonyl (C=O) groups is 2. The molecule has 0 bridgehead atoms. The Labute approximate surface area is 206 Å². The summed E-state index contributed by atoms with van der Waals surface area (Å²) in [6, 6.07) is 25.9. The predicted molar refractivity (Wildman–Crippen MR) is 134 cm³/mol. The standard InChI is InChI=1S/C8H9N3OS.2C6H6.2CH2O3.ClH/c1-2-12-7-6(9)11-8-5(10-7)3-4-13-8;2*1-2-4-6-5-3-1;2*2-1(3)4;/h3-4H,2H2,1H3,(H2,9,11);2*1-6H;2*(H2,2,3,4);1H. The van der Waals surface area contributed by atoms with Crippen LogP contribution < -0.4 is 10.5 Å². The van der Waals surface area contributed by atoms with E-state index in [0.29, 0.717) is 18.3 Å². The molecule has 34 heavy (non-hydrogen) atoms. The quantitative estimate of drug-likeness (QED) is 0.217. The maximum atomic E-state index is 8.56. The minimum atomic E-state index is -1.83. The Hall–Kier alpha value is -4.09. The summed E-state index contributed by atoms with van der Waals surface area (Å²) in [4.78, 5) is 26.3. The highest BCUT2D eigenvalue weighted by atomic mass is 35.5. The molecule has 0 saturated carbocycles. The van der Waals surface area contributed by atoms with Crippen LogP contribution in [0.25, 0.3) is 10.3 Å². The molecule has 2 aromatic carbocycles. The van der Waals surface area contributed by atoms with E-state index in [9.17, 15) is 0 Å². The van der Waals surface area contributed by atoms with Gasteiger partial charge in [0.25, 0.3) is 5.88 Å². The zero-order valence-corrected chi connectivity index (χ0v) is 19.7. The van der Waals surface area contributed by atoms with Crippen LogP contribution in [-0.2, 0) is 0 Å². The lowest BCUT2D eigenvalue weighted by Gasteiger charge is -2.03. The second-order valence-electron chi connectivity index (χ2n) is 5.33. The lowest BCUT2D eigenvalue weighted by atomic mass is 10.4. The van der Waals surface area contributed by atoms with Crippen molar-refractivity contribution in [3.8, 4) is 5.88 Å². The first-order valence-electron chi connectivity index (χ1n) is 9.25. The minimum absolute atomic E-state index is 0. The lowest BCUT2D eigenvalue weighted by Crippen LogP contribution is -2.01. The van der Waals surface area contributed by atoms with Crippen molar-refractivity contribution in [2.24, 2.45) is 0 Å². The number of halogens is 1. The summed E-state index contributed by atoms with van der Waals surface area (Å²) in [6.45, 7) is 2.44. The monoisotopic (exact) mass is 511 g/mol. The zero-order chi connectivity index (χ0) is 24.9. The number of ether oxygens (including phenoxy) is 1. The highest BCUT2D eigenvalue weighted by Crippen LogP contribution is 2.23. The number of aromatic nitrogens is 2. The molecule has 0 amide bonds. The Morgan fingerprint density at radius 3 is 1.50 bits per heavy atom. The van der Waals surface area contributed by atoms with Crippen molar-refractivity contribution in [3.05, 3.63) is 84.2 Å². The molecule has 2 aromatic heterocycles. The number of fused-ring (bicyclic) bond motifs is 1. The fourth-order valence-corrected chi connectivity index (χ4v) is 2.51. The number of benzene rings is 2. The van der Waals surface area contributed by atoms with Gasteiger partial charge in [-0.3, -0.25) is 0 Å². The van der Waals surface area contributed by atoms with E-state index in [-0.39, 0.29) is 12.4 Å². The summed E-state index contributed by atoms with van der Waals surface area (Å²) in [5.41, 5.74) is 6.48. The molecule has 4 rings (SSSR count). The number of nitrogen functional groups attached to an aromatic ring is 1. The SMILES string of the molecule is CCOc1nc2ccsc2nc1N.Cl.O=C(O)O.O=C(O)O.c1ccccc1.c1ccccc1. The van der Waals surface area contributed by atoms with Crippen LogP contribution in [0.2, 0.25) is 0 Å². The first kappa shape index (κ1) is 32.1. The smallest absolute Gasteiger partial charge is 0.475 e. The second kappa shape index (κ2) is 20.8. The summed E-state index contributed by atoms with van der Waals surface area (Å²) < 4.78 is 5.22. The van der Waals surface area contributed by atoms with Crippen LogP contribution in [-0.4, -0.2) is 49.3 Å². The number of nitrogens with zero attached hydrogens (tertiary/aromatic N) is 2. The molecule has 2 heterocycles. The summed E-state index contributed by atoms with van der Waals surface area (Å²) >= 11 is 1.52. The minimum Gasteiger partial charge on any atom is -0.475 e. The van der Waals surface area contributed by atoms with Crippen molar-refractivity contribution in [2.75, 3.05) is 12.3 Å². The van der Waals surface area contributed by atoms with Gasteiger partial charge in [-0.1, -0.05) is 72.8 Å². The number of rotatable bonds is 2. The topological polar surface area (TPSA) is 176 Å². The van der Waals surface area contributed by atoms with Gasteiger partial charge in [-0.25, -0.2) is 19.6 Å². The van der Waals surface area contributed by atoms with Crippen LogP contribution in [0, 0.1) is 0 Å². The van der Waals surface area contributed by atoms with Crippen molar-refractivity contribution in [2.45, 2.75) is 6.92 Å². The van der Waals surface area contributed by atoms with Gasteiger partial charge in [-0.2, -0.15) is 0 Å². The maximum absolute atomic E-state index is 8.56. The molecule has 4 aromatic rings. The summed E-state index contributed by atoms with van der Waals surface area (Å²) in [7, 11) is 0. The van der Waals surface area contributed by atoms with Crippen LogP contribution in [0.15, 0.2) is 84.2 Å². The van der Waals surface area contributed by atoms with E-state index >= 15 is 0 Å². The Morgan fingerprint density at radius 1 is 0.824 bits per heavy atom. The second-order valence-corrected chi connectivity index (χ2v) is 6.23. The van der Waals surface area contributed by atoms with Crippen LogP contribution in [0.1, 0.15) is 6.92 Å². The number of hydrogen-bond donors (Lipinski definition) is 5. The number of hydrogen-bond acceptors (Lipinski definition) is 7. The predicted octanol–water partition coefficient (Wildman–Crippen LogP) is 5.91. The normalized spacial score (nSPS) is 8.26. The molecule has 6 N–H and O–H groups in total. The molecule has 0 fully saturated rings. The van der Waals surface area contributed by atoms with E-state index in [1.165, 1.54) is 11.3 Å². The van der Waals surface area contributed by atoms with Crippen LogP contribution in [0.4, 0.5) is 15.4 Å². The van der Waals surface area contributed by atoms with E-state index in [4.69, 9.17) is 40.5 Å². The highest BCUT2D eigenvalue weighted by molar-refractivity contribution is 7.16. The van der Waals surface area contributed by atoms with E-state index in [1.54, 1.807) is 0 Å². The largest absolute Gasteiger partial charge is 0.503 e. The van der Waals surface area contributed by atoms with Crippen molar-refractivity contribution in [1.29, 1.82) is 0 Å². The molecular weight excluding hydrogens is 486 g/mol. The fraction of sp³-hybridized carbons (Fsp3) is 0.0909. The van der Waals surface area contributed by atoms with Crippen LogP contribution >= 0.6 is 23.7 Å². The van der Waals surface area contributed by atoms with Crippen molar-refractivity contribution in [1.82, 2.24) is 9.97 Å². The van der Waals surface area contributed by atoms with Crippen LogP contribution in [0.3, 0.4) is 0 Å². The van der Waals surface area contributed by atoms with Gasteiger partial charge < -0.3 is 30.9 Å². The Bertz CT molecular complexity index is 934.